The van der Waals surface area contributed by atoms with Gasteiger partial charge in [0.15, 0.2) is 0 Å². The quantitative estimate of drug-likeness (QED) is 0.801. The van der Waals surface area contributed by atoms with E-state index in [0.29, 0.717) is 19.3 Å². The Morgan fingerprint density at radius 1 is 1.28 bits per heavy atom. The van der Waals surface area contributed by atoms with Crippen LogP contribution in [-0.2, 0) is 4.79 Å². The normalized spacial score (nSPS) is 17.5. The fourth-order valence-corrected chi connectivity index (χ4v) is 3.21. The molecule has 6 nitrogen and oxygen atoms in total. The van der Waals surface area contributed by atoms with Gasteiger partial charge in [-0.3, -0.25) is 9.78 Å². The highest BCUT2D eigenvalue weighted by molar-refractivity contribution is 5.84. The largest absolute Gasteiger partial charge is 0.490 e. The SMILES string of the molecule is O=C(O)C1CCN(CC[C@@H](O)COc2cccc3ncccc23)CC1. The van der Waals surface area contributed by atoms with Gasteiger partial charge in [-0.2, -0.15) is 0 Å². The summed E-state index contributed by atoms with van der Waals surface area (Å²) in [4.78, 5) is 17.5. The third-order valence-electron chi connectivity index (χ3n) is 4.75. The van der Waals surface area contributed by atoms with Crippen LogP contribution in [0.15, 0.2) is 36.5 Å². The van der Waals surface area contributed by atoms with E-state index in [2.05, 4.69) is 9.88 Å². The van der Waals surface area contributed by atoms with E-state index >= 15 is 0 Å². The van der Waals surface area contributed by atoms with Crippen molar-refractivity contribution in [1.82, 2.24) is 9.88 Å². The molecule has 0 aliphatic carbocycles. The number of aliphatic carboxylic acids is 1. The third kappa shape index (κ3) is 4.67. The Labute approximate surface area is 147 Å². The van der Waals surface area contributed by atoms with E-state index < -0.39 is 12.1 Å². The molecule has 0 unspecified atom stereocenters. The first kappa shape index (κ1) is 17.6. The molecule has 6 heteroatoms. The Morgan fingerprint density at radius 2 is 2.08 bits per heavy atom. The van der Waals surface area contributed by atoms with Gasteiger partial charge in [-0.1, -0.05) is 6.07 Å². The Morgan fingerprint density at radius 3 is 2.84 bits per heavy atom. The van der Waals surface area contributed by atoms with Crippen molar-refractivity contribution < 1.29 is 19.7 Å². The number of aliphatic hydroxyl groups excluding tert-OH is 1. The van der Waals surface area contributed by atoms with Gasteiger partial charge in [0.25, 0.3) is 0 Å². The molecular weight excluding hydrogens is 320 g/mol. The van der Waals surface area contributed by atoms with Gasteiger partial charge in [-0.05, 0) is 56.6 Å². The first-order chi connectivity index (χ1) is 12.1. The Kier molecular flexibility index (Phi) is 5.83. The van der Waals surface area contributed by atoms with E-state index in [-0.39, 0.29) is 12.5 Å². The van der Waals surface area contributed by atoms with Crippen molar-refractivity contribution in [3.8, 4) is 5.75 Å². The van der Waals surface area contributed by atoms with E-state index in [1.807, 2.05) is 30.3 Å². The molecule has 1 aliphatic rings. The molecule has 134 valence electrons. The van der Waals surface area contributed by atoms with Crippen molar-refractivity contribution in [2.24, 2.45) is 5.92 Å². The average Bonchev–Trinajstić information content (AvgIpc) is 2.65. The van der Waals surface area contributed by atoms with Crippen LogP contribution in [0, 0.1) is 5.92 Å². The molecule has 0 saturated carbocycles. The molecular formula is C19H24N2O4. The summed E-state index contributed by atoms with van der Waals surface area (Å²) < 4.78 is 5.78. The summed E-state index contributed by atoms with van der Waals surface area (Å²) in [5, 5.41) is 20.1. The van der Waals surface area contributed by atoms with Gasteiger partial charge in [-0.25, -0.2) is 0 Å². The molecule has 1 saturated heterocycles. The molecule has 1 atom stereocenters. The number of piperidine rings is 1. The summed E-state index contributed by atoms with van der Waals surface area (Å²) in [5.74, 6) is -0.186. The fraction of sp³-hybridized carbons (Fsp3) is 0.474. The van der Waals surface area contributed by atoms with Crippen LogP contribution in [-0.4, -0.2) is 58.4 Å². The van der Waals surface area contributed by atoms with Crippen LogP contribution in [0.4, 0.5) is 0 Å². The molecule has 0 amide bonds. The number of carboxylic acids is 1. The zero-order valence-corrected chi connectivity index (χ0v) is 14.2. The van der Waals surface area contributed by atoms with Gasteiger partial charge in [0.2, 0.25) is 0 Å². The summed E-state index contributed by atoms with van der Waals surface area (Å²) >= 11 is 0. The summed E-state index contributed by atoms with van der Waals surface area (Å²) in [7, 11) is 0. The topological polar surface area (TPSA) is 82.9 Å². The van der Waals surface area contributed by atoms with Gasteiger partial charge in [-0.15, -0.1) is 0 Å². The van der Waals surface area contributed by atoms with Crippen LogP contribution in [0.5, 0.6) is 5.75 Å². The van der Waals surface area contributed by atoms with Crippen LogP contribution in [0.3, 0.4) is 0 Å². The maximum atomic E-state index is 11.0. The number of aromatic nitrogens is 1. The Bertz CT molecular complexity index is 708. The van der Waals surface area contributed by atoms with Crippen molar-refractivity contribution in [3.63, 3.8) is 0 Å². The van der Waals surface area contributed by atoms with Crippen LogP contribution >= 0.6 is 0 Å². The van der Waals surface area contributed by atoms with E-state index in [0.717, 1.165) is 36.3 Å². The molecule has 3 rings (SSSR count). The van der Waals surface area contributed by atoms with Crippen LogP contribution in [0.25, 0.3) is 10.9 Å². The second kappa shape index (κ2) is 8.27. The number of benzene rings is 1. The van der Waals surface area contributed by atoms with Crippen molar-refractivity contribution in [1.29, 1.82) is 0 Å². The van der Waals surface area contributed by atoms with Crippen LogP contribution in [0.2, 0.25) is 0 Å². The first-order valence-electron chi connectivity index (χ1n) is 8.73. The fourth-order valence-electron chi connectivity index (χ4n) is 3.21. The highest BCUT2D eigenvalue weighted by atomic mass is 16.5. The summed E-state index contributed by atoms with van der Waals surface area (Å²) in [6.45, 7) is 2.55. The average molecular weight is 344 g/mol. The molecule has 1 aliphatic heterocycles. The second-order valence-electron chi connectivity index (χ2n) is 6.53. The lowest BCUT2D eigenvalue weighted by Crippen LogP contribution is -2.38. The van der Waals surface area contributed by atoms with E-state index in [1.54, 1.807) is 6.20 Å². The van der Waals surface area contributed by atoms with E-state index in [9.17, 15) is 9.90 Å². The number of fused-ring (bicyclic) bond motifs is 1. The lowest BCUT2D eigenvalue weighted by molar-refractivity contribution is -0.143. The monoisotopic (exact) mass is 344 g/mol. The number of ether oxygens (including phenoxy) is 1. The highest BCUT2D eigenvalue weighted by Crippen LogP contribution is 2.24. The van der Waals surface area contributed by atoms with Crippen molar-refractivity contribution in [3.05, 3.63) is 36.5 Å². The minimum Gasteiger partial charge on any atom is -0.490 e. The maximum Gasteiger partial charge on any atom is 0.306 e. The second-order valence-corrected chi connectivity index (χ2v) is 6.53. The van der Waals surface area contributed by atoms with Crippen molar-refractivity contribution >= 4 is 16.9 Å². The minimum absolute atomic E-state index is 0.218. The summed E-state index contributed by atoms with van der Waals surface area (Å²) in [6.07, 6.45) is 3.18. The predicted molar refractivity (Wildman–Crippen MR) is 94.7 cm³/mol. The first-order valence-corrected chi connectivity index (χ1v) is 8.73. The third-order valence-corrected chi connectivity index (χ3v) is 4.75. The minimum atomic E-state index is -0.697. The number of aliphatic hydroxyl groups is 1. The predicted octanol–water partition coefficient (Wildman–Crippen LogP) is 2.16. The van der Waals surface area contributed by atoms with Crippen molar-refractivity contribution in [2.75, 3.05) is 26.2 Å². The lowest BCUT2D eigenvalue weighted by Gasteiger charge is -2.30. The number of carboxylic acid groups (broad SMARTS) is 1. The number of carbonyl (C=O) groups is 1. The molecule has 0 radical (unpaired) electrons. The van der Waals surface area contributed by atoms with Crippen LogP contribution in [0.1, 0.15) is 19.3 Å². The molecule has 2 heterocycles. The van der Waals surface area contributed by atoms with Gasteiger partial charge < -0.3 is 19.8 Å². The molecule has 2 N–H and O–H groups in total. The Hall–Kier alpha value is -2.18. The van der Waals surface area contributed by atoms with Gasteiger partial charge in [0.1, 0.15) is 12.4 Å². The van der Waals surface area contributed by atoms with Gasteiger partial charge in [0, 0.05) is 18.1 Å². The zero-order valence-electron chi connectivity index (χ0n) is 14.2. The van der Waals surface area contributed by atoms with Crippen molar-refractivity contribution in [2.45, 2.75) is 25.4 Å². The Balaban J connectivity index is 1.44. The standard InChI is InChI=1S/C19H24N2O4/c22-15(8-12-21-10-6-14(7-11-21)19(23)24)13-25-18-5-1-4-17-16(18)3-2-9-20-17/h1-5,9,14-15,22H,6-8,10-13H2,(H,23,24)/t15-/m1/s1. The molecule has 0 spiro atoms. The zero-order chi connectivity index (χ0) is 17.6. The molecule has 25 heavy (non-hydrogen) atoms. The van der Waals surface area contributed by atoms with E-state index in [4.69, 9.17) is 9.84 Å². The van der Waals surface area contributed by atoms with E-state index in [1.165, 1.54) is 0 Å². The molecule has 1 fully saturated rings. The number of pyridine rings is 1. The molecule has 1 aromatic carbocycles. The van der Waals surface area contributed by atoms with Crippen LogP contribution < -0.4 is 4.74 Å². The molecule has 0 bridgehead atoms. The number of likely N-dealkylation sites (tertiary alicyclic amines) is 1. The number of hydrogen-bond acceptors (Lipinski definition) is 5. The molecule has 2 aromatic rings. The van der Waals surface area contributed by atoms with Gasteiger partial charge >= 0.3 is 5.97 Å². The smallest absolute Gasteiger partial charge is 0.306 e. The summed E-state index contributed by atoms with van der Waals surface area (Å²) in [5.41, 5.74) is 0.871. The molecule has 1 aromatic heterocycles. The highest BCUT2D eigenvalue weighted by Gasteiger charge is 2.24. The summed E-state index contributed by atoms with van der Waals surface area (Å²) in [6, 6.07) is 9.53. The lowest BCUT2D eigenvalue weighted by atomic mass is 9.97. The number of hydrogen-bond donors (Lipinski definition) is 2. The van der Waals surface area contributed by atoms with Gasteiger partial charge in [0.05, 0.1) is 17.5 Å². The number of rotatable bonds is 7. The maximum absolute atomic E-state index is 11.0. The number of nitrogens with zero attached hydrogens (tertiary/aromatic N) is 2.